The van der Waals surface area contributed by atoms with Gasteiger partial charge in [0.15, 0.2) is 5.13 Å². The lowest BCUT2D eigenvalue weighted by Gasteiger charge is -2.34. The number of piperazine rings is 1. The summed E-state index contributed by atoms with van der Waals surface area (Å²) in [5, 5.41) is 3.29. The molecule has 0 amide bonds. The number of aryl methyl sites for hydroxylation is 1. The Hall–Kier alpha value is -1.46. The van der Waals surface area contributed by atoms with Gasteiger partial charge in [-0.05, 0) is 18.6 Å². The average Bonchev–Trinajstić information content (AvgIpc) is 2.87. The van der Waals surface area contributed by atoms with Crippen LogP contribution in [0.5, 0.6) is 0 Å². The van der Waals surface area contributed by atoms with E-state index in [0.717, 1.165) is 38.4 Å². The second-order valence-electron chi connectivity index (χ2n) is 4.90. The van der Waals surface area contributed by atoms with Crippen LogP contribution in [0.15, 0.2) is 29.9 Å². The molecular weight excluding hydrogens is 256 g/mol. The largest absolute Gasteiger partial charge is 0.346 e. The van der Waals surface area contributed by atoms with E-state index in [1.807, 2.05) is 18.5 Å². The highest BCUT2D eigenvalue weighted by molar-refractivity contribution is 7.13. The van der Waals surface area contributed by atoms with Gasteiger partial charge in [0.1, 0.15) is 0 Å². The summed E-state index contributed by atoms with van der Waals surface area (Å²) >= 11 is 1.75. The Balaban J connectivity index is 1.55. The third kappa shape index (κ3) is 3.11. The lowest BCUT2D eigenvalue weighted by atomic mass is 10.2. The van der Waals surface area contributed by atoms with Crippen LogP contribution in [0.25, 0.3) is 0 Å². The van der Waals surface area contributed by atoms with Crippen LogP contribution in [-0.2, 0) is 6.54 Å². The minimum atomic E-state index is 0.999. The molecule has 4 nitrogen and oxygen atoms in total. The van der Waals surface area contributed by atoms with Crippen LogP contribution in [0, 0.1) is 6.92 Å². The zero-order chi connectivity index (χ0) is 13.1. The lowest BCUT2D eigenvalue weighted by molar-refractivity contribution is 0.249. The molecule has 2 aromatic rings. The summed E-state index contributed by atoms with van der Waals surface area (Å²) in [5.74, 6) is 0. The molecule has 0 radical (unpaired) electrons. The van der Waals surface area contributed by atoms with Gasteiger partial charge in [-0.1, -0.05) is 6.07 Å². The topological polar surface area (TPSA) is 32.3 Å². The van der Waals surface area contributed by atoms with Crippen molar-refractivity contribution in [2.75, 3.05) is 31.1 Å². The molecule has 2 aromatic heterocycles. The van der Waals surface area contributed by atoms with E-state index in [0.29, 0.717) is 0 Å². The first-order chi connectivity index (χ1) is 9.31. The second-order valence-corrected chi connectivity index (χ2v) is 5.73. The Kier molecular flexibility index (Phi) is 3.75. The molecule has 0 atom stereocenters. The summed E-state index contributed by atoms with van der Waals surface area (Å²) in [6.45, 7) is 7.36. The van der Waals surface area contributed by atoms with E-state index in [4.69, 9.17) is 0 Å². The predicted octanol–water partition coefficient (Wildman–Crippen LogP) is 2.17. The molecule has 0 unspecified atom stereocenters. The van der Waals surface area contributed by atoms with Gasteiger partial charge in [-0.2, -0.15) is 0 Å². The van der Waals surface area contributed by atoms with Crippen molar-refractivity contribution in [3.63, 3.8) is 0 Å². The molecule has 1 fully saturated rings. The molecule has 3 heterocycles. The fourth-order valence-electron chi connectivity index (χ4n) is 2.33. The molecule has 0 aromatic carbocycles. The van der Waals surface area contributed by atoms with Crippen LogP contribution in [0.4, 0.5) is 5.13 Å². The van der Waals surface area contributed by atoms with Crippen molar-refractivity contribution in [1.29, 1.82) is 0 Å². The monoisotopic (exact) mass is 274 g/mol. The van der Waals surface area contributed by atoms with Crippen LogP contribution in [-0.4, -0.2) is 41.0 Å². The van der Waals surface area contributed by atoms with Gasteiger partial charge in [-0.15, -0.1) is 11.3 Å². The number of aromatic nitrogens is 2. The fraction of sp³-hybridized carbons (Fsp3) is 0.429. The molecule has 0 N–H and O–H groups in total. The number of nitrogens with zero attached hydrogens (tertiary/aromatic N) is 4. The summed E-state index contributed by atoms with van der Waals surface area (Å²) < 4.78 is 0. The van der Waals surface area contributed by atoms with Gasteiger partial charge in [0.2, 0.25) is 0 Å². The van der Waals surface area contributed by atoms with Crippen molar-refractivity contribution in [2.24, 2.45) is 0 Å². The molecule has 3 rings (SSSR count). The lowest BCUT2D eigenvalue weighted by Crippen LogP contribution is -2.45. The van der Waals surface area contributed by atoms with Crippen molar-refractivity contribution >= 4 is 16.5 Å². The molecule has 19 heavy (non-hydrogen) atoms. The minimum Gasteiger partial charge on any atom is -0.346 e. The van der Waals surface area contributed by atoms with Crippen LogP contribution in [0.2, 0.25) is 0 Å². The van der Waals surface area contributed by atoms with Crippen molar-refractivity contribution < 1.29 is 0 Å². The fourth-order valence-corrected chi connectivity index (χ4v) is 3.19. The zero-order valence-electron chi connectivity index (χ0n) is 11.1. The normalized spacial score (nSPS) is 16.8. The molecule has 0 saturated carbocycles. The Bertz CT molecular complexity index is 517. The van der Waals surface area contributed by atoms with Crippen molar-refractivity contribution in [3.8, 4) is 0 Å². The summed E-state index contributed by atoms with van der Waals surface area (Å²) in [6.07, 6.45) is 3.78. The highest BCUT2D eigenvalue weighted by Gasteiger charge is 2.18. The summed E-state index contributed by atoms with van der Waals surface area (Å²) in [6, 6.07) is 4.15. The Labute approximate surface area is 117 Å². The molecule has 1 saturated heterocycles. The second kappa shape index (κ2) is 5.67. The SMILES string of the molecule is Cc1csc(N2CCN(Cc3cccnc3)CC2)n1. The van der Waals surface area contributed by atoms with E-state index >= 15 is 0 Å². The molecule has 1 aliphatic heterocycles. The smallest absolute Gasteiger partial charge is 0.185 e. The van der Waals surface area contributed by atoms with Gasteiger partial charge in [-0.25, -0.2) is 4.98 Å². The number of hydrogen-bond donors (Lipinski definition) is 0. The Morgan fingerprint density at radius 2 is 2.11 bits per heavy atom. The minimum absolute atomic E-state index is 0.999. The summed E-state index contributed by atoms with van der Waals surface area (Å²) in [5.41, 5.74) is 2.42. The zero-order valence-corrected chi connectivity index (χ0v) is 11.9. The molecule has 5 heteroatoms. The van der Waals surface area contributed by atoms with Gasteiger partial charge < -0.3 is 4.90 Å². The first-order valence-corrected chi connectivity index (χ1v) is 7.47. The highest BCUT2D eigenvalue weighted by atomic mass is 32.1. The van der Waals surface area contributed by atoms with E-state index in [9.17, 15) is 0 Å². The van der Waals surface area contributed by atoms with Gasteiger partial charge in [-0.3, -0.25) is 9.88 Å². The van der Waals surface area contributed by atoms with Gasteiger partial charge in [0, 0.05) is 50.5 Å². The molecule has 1 aliphatic rings. The third-order valence-electron chi connectivity index (χ3n) is 3.38. The molecular formula is C14H18N4S. The van der Waals surface area contributed by atoms with Crippen molar-refractivity contribution in [2.45, 2.75) is 13.5 Å². The quantitative estimate of drug-likeness (QED) is 0.858. The number of hydrogen-bond acceptors (Lipinski definition) is 5. The van der Waals surface area contributed by atoms with E-state index in [1.54, 1.807) is 11.3 Å². The number of thiazole rings is 1. The van der Waals surface area contributed by atoms with E-state index in [-0.39, 0.29) is 0 Å². The summed E-state index contributed by atoms with van der Waals surface area (Å²) in [7, 11) is 0. The van der Waals surface area contributed by atoms with E-state index < -0.39 is 0 Å². The average molecular weight is 274 g/mol. The van der Waals surface area contributed by atoms with Crippen molar-refractivity contribution in [1.82, 2.24) is 14.9 Å². The Morgan fingerprint density at radius 1 is 1.26 bits per heavy atom. The van der Waals surface area contributed by atoms with Gasteiger partial charge in [0.05, 0.1) is 5.69 Å². The van der Waals surface area contributed by atoms with Crippen LogP contribution in [0.3, 0.4) is 0 Å². The first kappa shape index (κ1) is 12.6. The highest BCUT2D eigenvalue weighted by Crippen LogP contribution is 2.21. The standard InChI is InChI=1S/C14H18N4S/c1-12-11-19-14(16-12)18-7-5-17(6-8-18)10-13-3-2-4-15-9-13/h2-4,9,11H,5-8,10H2,1H3. The van der Waals surface area contributed by atoms with E-state index in [2.05, 4.69) is 38.1 Å². The maximum Gasteiger partial charge on any atom is 0.185 e. The van der Waals surface area contributed by atoms with Crippen molar-refractivity contribution in [3.05, 3.63) is 41.2 Å². The molecule has 100 valence electrons. The number of pyridine rings is 1. The maximum atomic E-state index is 4.56. The Morgan fingerprint density at radius 3 is 2.74 bits per heavy atom. The number of rotatable bonds is 3. The molecule has 0 aliphatic carbocycles. The van der Waals surface area contributed by atoms with Crippen LogP contribution in [0.1, 0.15) is 11.3 Å². The van der Waals surface area contributed by atoms with E-state index in [1.165, 1.54) is 10.7 Å². The first-order valence-electron chi connectivity index (χ1n) is 6.59. The maximum absolute atomic E-state index is 4.56. The number of anilines is 1. The third-order valence-corrected chi connectivity index (χ3v) is 4.40. The summed E-state index contributed by atoms with van der Waals surface area (Å²) in [4.78, 5) is 13.6. The molecule has 0 spiro atoms. The van der Waals surface area contributed by atoms with Gasteiger partial charge >= 0.3 is 0 Å². The molecule has 0 bridgehead atoms. The van der Waals surface area contributed by atoms with Gasteiger partial charge in [0.25, 0.3) is 0 Å². The van der Waals surface area contributed by atoms with Crippen LogP contribution >= 0.6 is 11.3 Å². The van der Waals surface area contributed by atoms with Crippen LogP contribution < -0.4 is 4.90 Å². The predicted molar refractivity (Wildman–Crippen MR) is 78.6 cm³/mol.